The van der Waals surface area contributed by atoms with Gasteiger partial charge in [-0.2, -0.15) is 0 Å². The number of likely N-dealkylation sites (N-methyl/N-ethyl adjacent to an activating group) is 1. The van der Waals surface area contributed by atoms with Crippen molar-refractivity contribution in [1.29, 1.82) is 0 Å². The number of hydrogen-bond acceptors (Lipinski definition) is 3. The van der Waals surface area contributed by atoms with Gasteiger partial charge < -0.3 is 14.2 Å². The number of hydrogen-bond donors (Lipinski definition) is 0. The van der Waals surface area contributed by atoms with E-state index >= 15 is 0 Å². The first-order valence-corrected chi connectivity index (χ1v) is 11.1. The lowest BCUT2D eigenvalue weighted by Crippen LogP contribution is -2.38. The standard InChI is InChI=1S/C24H26BrN3O2/c1-3-27(16-17-30-2)22(29)12-13-24(18-8-10-19(25)11-9-18)21-7-5-4-6-20(21)23-26-14-15-28(23)24/h4-11,14-15H,3,12-13,16-17H2,1-2H3. The van der Waals surface area contributed by atoms with Gasteiger partial charge in [0.1, 0.15) is 5.82 Å². The van der Waals surface area contributed by atoms with Crippen molar-refractivity contribution in [2.45, 2.75) is 25.3 Å². The molecule has 1 aliphatic rings. The second kappa shape index (κ2) is 8.74. The fourth-order valence-corrected chi connectivity index (χ4v) is 4.77. The topological polar surface area (TPSA) is 47.4 Å². The minimum absolute atomic E-state index is 0.150. The quantitative estimate of drug-likeness (QED) is 0.482. The summed E-state index contributed by atoms with van der Waals surface area (Å²) < 4.78 is 8.44. The van der Waals surface area contributed by atoms with Gasteiger partial charge in [-0.15, -0.1) is 0 Å². The summed E-state index contributed by atoms with van der Waals surface area (Å²) in [6, 6.07) is 16.8. The normalized spacial score (nSPS) is 16.9. The molecule has 5 nitrogen and oxygen atoms in total. The van der Waals surface area contributed by atoms with Crippen molar-refractivity contribution >= 4 is 21.8 Å². The highest BCUT2D eigenvalue weighted by atomic mass is 79.9. The zero-order valence-corrected chi connectivity index (χ0v) is 18.9. The molecular weight excluding hydrogens is 442 g/mol. The number of halogens is 1. The number of amides is 1. The highest BCUT2D eigenvalue weighted by Gasteiger charge is 2.44. The SMILES string of the molecule is CCN(CCOC)C(=O)CCC1(c2ccc(Br)cc2)c2ccccc2-c2nccn21. The van der Waals surface area contributed by atoms with E-state index in [0.29, 0.717) is 32.5 Å². The minimum atomic E-state index is -0.459. The molecule has 0 fully saturated rings. The highest BCUT2D eigenvalue weighted by molar-refractivity contribution is 9.10. The first kappa shape index (κ1) is 20.8. The van der Waals surface area contributed by atoms with Crippen LogP contribution in [0.2, 0.25) is 0 Å². The predicted octanol–water partition coefficient (Wildman–Crippen LogP) is 4.69. The van der Waals surface area contributed by atoms with Gasteiger partial charge in [-0.05, 0) is 36.6 Å². The van der Waals surface area contributed by atoms with Gasteiger partial charge in [-0.3, -0.25) is 4.79 Å². The number of carbonyl (C=O) groups is 1. The summed E-state index contributed by atoms with van der Waals surface area (Å²) in [7, 11) is 1.66. The highest BCUT2D eigenvalue weighted by Crippen LogP contribution is 2.49. The summed E-state index contributed by atoms with van der Waals surface area (Å²) in [6.07, 6.45) is 4.99. The van der Waals surface area contributed by atoms with E-state index < -0.39 is 5.54 Å². The van der Waals surface area contributed by atoms with Crippen molar-refractivity contribution in [3.05, 3.63) is 76.5 Å². The number of methoxy groups -OCH3 is 1. The number of rotatable bonds is 8. The first-order chi connectivity index (χ1) is 14.6. The molecule has 1 atom stereocenters. The predicted molar refractivity (Wildman–Crippen MR) is 121 cm³/mol. The molecule has 0 saturated carbocycles. The molecule has 1 unspecified atom stereocenters. The van der Waals surface area contributed by atoms with Crippen LogP contribution in [-0.4, -0.2) is 47.2 Å². The molecule has 3 aromatic rings. The Labute approximate surface area is 185 Å². The van der Waals surface area contributed by atoms with Crippen LogP contribution < -0.4 is 0 Å². The molecule has 0 radical (unpaired) electrons. The second-order valence-corrected chi connectivity index (χ2v) is 8.42. The Bertz CT molecular complexity index is 1030. The maximum atomic E-state index is 13.1. The average molecular weight is 468 g/mol. The first-order valence-electron chi connectivity index (χ1n) is 10.3. The molecule has 4 rings (SSSR count). The van der Waals surface area contributed by atoms with E-state index in [1.165, 1.54) is 5.56 Å². The van der Waals surface area contributed by atoms with Crippen molar-refractivity contribution in [2.75, 3.05) is 26.8 Å². The summed E-state index contributed by atoms with van der Waals surface area (Å²) in [5.74, 6) is 1.10. The van der Waals surface area contributed by atoms with Gasteiger partial charge in [-0.1, -0.05) is 52.3 Å². The fourth-order valence-electron chi connectivity index (χ4n) is 4.51. The lowest BCUT2D eigenvalue weighted by Gasteiger charge is -2.34. The number of aromatic nitrogens is 2. The van der Waals surface area contributed by atoms with E-state index in [2.05, 4.69) is 67.9 Å². The monoisotopic (exact) mass is 467 g/mol. The van der Waals surface area contributed by atoms with Crippen molar-refractivity contribution in [2.24, 2.45) is 0 Å². The van der Waals surface area contributed by atoms with Crippen molar-refractivity contribution in [3.63, 3.8) is 0 Å². The number of ether oxygens (including phenoxy) is 1. The summed E-state index contributed by atoms with van der Waals surface area (Å²) in [5, 5.41) is 0. The molecule has 0 bridgehead atoms. The largest absolute Gasteiger partial charge is 0.383 e. The Morgan fingerprint density at radius 3 is 2.70 bits per heavy atom. The number of benzene rings is 2. The van der Waals surface area contributed by atoms with E-state index in [9.17, 15) is 4.79 Å². The van der Waals surface area contributed by atoms with Crippen molar-refractivity contribution in [1.82, 2.24) is 14.5 Å². The van der Waals surface area contributed by atoms with Gasteiger partial charge in [0, 0.05) is 49.0 Å². The number of fused-ring (bicyclic) bond motifs is 3. The smallest absolute Gasteiger partial charge is 0.222 e. The molecule has 0 saturated heterocycles. The molecule has 1 aliphatic heterocycles. The van der Waals surface area contributed by atoms with Crippen molar-refractivity contribution in [3.8, 4) is 11.4 Å². The summed E-state index contributed by atoms with van der Waals surface area (Å²) >= 11 is 3.55. The molecule has 2 aromatic carbocycles. The van der Waals surface area contributed by atoms with Gasteiger partial charge in [0.25, 0.3) is 0 Å². The third kappa shape index (κ3) is 3.48. The Kier molecular flexibility index (Phi) is 6.06. The molecule has 0 N–H and O–H groups in total. The Balaban J connectivity index is 1.76. The molecule has 30 heavy (non-hydrogen) atoms. The van der Waals surface area contributed by atoms with Crippen LogP contribution in [0.15, 0.2) is 65.4 Å². The van der Waals surface area contributed by atoms with E-state index in [-0.39, 0.29) is 5.91 Å². The van der Waals surface area contributed by atoms with E-state index in [1.54, 1.807) is 7.11 Å². The molecular formula is C24H26BrN3O2. The lowest BCUT2D eigenvalue weighted by molar-refractivity contribution is -0.132. The van der Waals surface area contributed by atoms with Crippen LogP contribution in [0.25, 0.3) is 11.4 Å². The Morgan fingerprint density at radius 1 is 1.20 bits per heavy atom. The molecule has 1 amide bonds. The molecule has 156 valence electrons. The zero-order chi connectivity index (χ0) is 21.1. The maximum Gasteiger partial charge on any atom is 0.222 e. The van der Waals surface area contributed by atoms with Gasteiger partial charge in [0.05, 0.1) is 12.1 Å². The summed E-state index contributed by atoms with van der Waals surface area (Å²) in [5.41, 5.74) is 3.02. The maximum absolute atomic E-state index is 13.1. The molecule has 1 aromatic heterocycles. The van der Waals surface area contributed by atoms with Crippen LogP contribution in [0.3, 0.4) is 0 Å². The molecule has 0 spiro atoms. The third-order valence-corrected chi connectivity index (χ3v) is 6.52. The van der Waals surface area contributed by atoms with Crippen LogP contribution in [0, 0.1) is 0 Å². The summed E-state index contributed by atoms with van der Waals surface area (Å²) in [4.78, 5) is 19.6. The summed E-state index contributed by atoms with van der Waals surface area (Å²) in [6.45, 7) is 3.85. The lowest BCUT2D eigenvalue weighted by atomic mass is 9.79. The molecule has 6 heteroatoms. The van der Waals surface area contributed by atoms with Gasteiger partial charge in [0.15, 0.2) is 0 Å². The zero-order valence-electron chi connectivity index (χ0n) is 17.3. The Hall–Kier alpha value is -2.44. The van der Waals surface area contributed by atoms with E-state index in [0.717, 1.165) is 21.4 Å². The van der Waals surface area contributed by atoms with E-state index in [4.69, 9.17) is 4.74 Å². The number of carbonyl (C=O) groups excluding carboxylic acids is 1. The van der Waals surface area contributed by atoms with Gasteiger partial charge >= 0.3 is 0 Å². The minimum Gasteiger partial charge on any atom is -0.383 e. The van der Waals surface area contributed by atoms with Gasteiger partial charge in [0.2, 0.25) is 5.91 Å². The third-order valence-electron chi connectivity index (χ3n) is 5.99. The van der Waals surface area contributed by atoms with Crippen LogP contribution in [0.5, 0.6) is 0 Å². The number of nitrogens with zero attached hydrogens (tertiary/aromatic N) is 3. The molecule has 2 heterocycles. The van der Waals surface area contributed by atoms with Crippen LogP contribution >= 0.6 is 15.9 Å². The van der Waals surface area contributed by atoms with Gasteiger partial charge in [-0.25, -0.2) is 4.98 Å². The average Bonchev–Trinajstić information content (AvgIpc) is 3.35. The fraction of sp³-hybridized carbons (Fsp3) is 0.333. The van der Waals surface area contributed by atoms with Crippen LogP contribution in [-0.2, 0) is 15.1 Å². The van der Waals surface area contributed by atoms with E-state index in [1.807, 2.05) is 30.3 Å². The molecule has 0 aliphatic carbocycles. The van der Waals surface area contributed by atoms with Crippen molar-refractivity contribution < 1.29 is 9.53 Å². The second-order valence-electron chi connectivity index (χ2n) is 7.50. The number of imidazole rings is 1. The van der Waals surface area contributed by atoms with Crippen LogP contribution in [0.1, 0.15) is 30.9 Å². The van der Waals surface area contributed by atoms with Crippen LogP contribution in [0.4, 0.5) is 0 Å². The Morgan fingerprint density at radius 2 is 1.97 bits per heavy atom.